The smallest absolute Gasteiger partial charge is 0.0497 e. The Morgan fingerprint density at radius 2 is 1.65 bits per heavy atom. The summed E-state index contributed by atoms with van der Waals surface area (Å²) >= 11 is 0. The summed E-state index contributed by atoms with van der Waals surface area (Å²) in [6, 6.07) is 19.3. The Labute approximate surface area is 156 Å². The summed E-state index contributed by atoms with van der Waals surface area (Å²) in [5.74, 6) is 0. The van der Waals surface area contributed by atoms with Crippen molar-refractivity contribution < 1.29 is 0 Å². The minimum absolute atomic E-state index is 1.03. The average Bonchev–Trinajstić information content (AvgIpc) is 3.33. The quantitative estimate of drug-likeness (QED) is 0.590. The maximum absolute atomic E-state index is 3.65. The molecule has 2 N–H and O–H groups in total. The SMILES string of the molecule is c1ccc(-c2[nH]c3ccccc3c2CCNCCCN2CCCC2)cc1. The molecule has 0 amide bonds. The lowest BCUT2D eigenvalue weighted by Gasteiger charge is -2.14. The minimum atomic E-state index is 1.03. The van der Waals surface area contributed by atoms with Crippen molar-refractivity contribution in [3.63, 3.8) is 0 Å². The molecule has 0 bridgehead atoms. The van der Waals surface area contributed by atoms with Crippen molar-refractivity contribution in [1.82, 2.24) is 15.2 Å². The fourth-order valence-electron chi connectivity index (χ4n) is 4.08. The Kier molecular flexibility index (Phi) is 5.68. The fourth-order valence-corrected chi connectivity index (χ4v) is 4.08. The maximum atomic E-state index is 3.65. The lowest BCUT2D eigenvalue weighted by atomic mass is 10.0. The van der Waals surface area contributed by atoms with Crippen molar-refractivity contribution in [2.75, 3.05) is 32.7 Å². The third-order valence-electron chi connectivity index (χ3n) is 5.45. The number of hydrogen-bond donors (Lipinski definition) is 2. The topological polar surface area (TPSA) is 31.1 Å². The molecule has 0 spiro atoms. The van der Waals surface area contributed by atoms with E-state index in [4.69, 9.17) is 0 Å². The molecule has 2 heterocycles. The molecule has 136 valence electrons. The van der Waals surface area contributed by atoms with Crippen molar-refractivity contribution in [1.29, 1.82) is 0 Å². The number of aromatic nitrogens is 1. The van der Waals surface area contributed by atoms with Crippen molar-refractivity contribution in [2.45, 2.75) is 25.7 Å². The van der Waals surface area contributed by atoms with Crippen LogP contribution in [0.15, 0.2) is 54.6 Å². The third kappa shape index (κ3) is 4.00. The van der Waals surface area contributed by atoms with Gasteiger partial charge in [-0.3, -0.25) is 0 Å². The molecule has 2 aromatic carbocycles. The summed E-state index contributed by atoms with van der Waals surface area (Å²) in [5.41, 5.74) is 5.20. The standard InChI is InChI=1S/C23H29N3/c1-2-9-19(10-3-1)23-21(20-11-4-5-12-22(20)25-23)13-15-24-14-8-18-26-16-6-7-17-26/h1-5,9-12,24-25H,6-8,13-18H2. The predicted molar refractivity (Wildman–Crippen MR) is 111 cm³/mol. The lowest BCUT2D eigenvalue weighted by Crippen LogP contribution is -2.25. The highest BCUT2D eigenvalue weighted by atomic mass is 15.1. The van der Waals surface area contributed by atoms with Crippen molar-refractivity contribution >= 4 is 10.9 Å². The van der Waals surface area contributed by atoms with E-state index in [1.165, 1.54) is 66.6 Å². The minimum Gasteiger partial charge on any atom is -0.354 e. The third-order valence-corrected chi connectivity index (χ3v) is 5.45. The summed E-state index contributed by atoms with van der Waals surface area (Å²) in [7, 11) is 0. The van der Waals surface area contributed by atoms with Crippen molar-refractivity contribution in [3.8, 4) is 11.3 Å². The van der Waals surface area contributed by atoms with Gasteiger partial charge < -0.3 is 15.2 Å². The van der Waals surface area contributed by atoms with Crippen LogP contribution in [0.5, 0.6) is 0 Å². The van der Waals surface area contributed by atoms with Gasteiger partial charge in [-0.05, 0) is 75.6 Å². The van der Waals surface area contributed by atoms with Gasteiger partial charge in [0, 0.05) is 16.6 Å². The van der Waals surface area contributed by atoms with Gasteiger partial charge in [0.2, 0.25) is 0 Å². The number of rotatable bonds is 8. The predicted octanol–water partition coefficient (Wildman–Crippen LogP) is 4.45. The van der Waals surface area contributed by atoms with E-state index in [0.29, 0.717) is 0 Å². The van der Waals surface area contributed by atoms with Crippen LogP contribution in [0.4, 0.5) is 0 Å². The van der Waals surface area contributed by atoms with E-state index in [1.54, 1.807) is 0 Å². The molecule has 26 heavy (non-hydrogen) atoms. The first-order valence-corrected chi connectivity index (χ1v) is 10.00. The van der Waals surface area contributed by atoms with Crippen LogP contribution in [0.1, 0.15) is 24.8 Å². The summed E-state index contributed by atoms with van der Waals surface area (Å²) in [6.07, 6.45) is 5.07. The molecule has 3 aromatic rings. The zero-order valence-electron chi connectivity index (χ0n) is 15.5. The second kappa shape index (κ2) is 8.52. The zero-order chi connectivity index (χ0) is 17.6. The van der Waals surface area contributed by atoms with E-state index in [9.17, 15) is 0 Å². The lowest BCUT2D eigenvalue weighted by molar-refractivity contribution is 0.331. The summed E-state index contributed by atoms with van der Waals surface area (Å²) in [5, 5.41) is 5.00. The van der Waals surface area contributed by atoms with Crippen LogP contribution in [0.2, 0.25) is 0 Å². The Bertz CT molecular complexity index is 816. The Morgan fingerprint density at radius 1 is 0.885 bits per heavy atom. The first-order valence-electron chi connectivity index (χ1n) is 10.00. The van der Waals surface area contributed by atoms with Gasteiger partial charge in [0.25, 0.3) is 0 Å². The van der Waals surface area contributed by atoms with E-state index in [1.807, 2.05) is 0 Å². The van der Waals surface area contributed by atoms with E-state index in [2.05, 4.69) is 69.8 Å². The van der Waals surface area contributed by atoms with E-state index in [0.717, 1.165) is 19.5 Å². The molecule has 3 heteroatoms. The molecule has 1 aliphatic heterocycles. The number of likely N-dealkylation sites (tertiary alicyclic amines) is 1. The number of aromatic amines is 1. The van der Waals surface area contributed by atoms with Gasteiger partial charge in [0.05, 0.1) is 0 Å². The Balaban J connectivity index is 1.39. The van der Waals surface area contributed by atoms with Crippen LogP contribution in [-0.2, 0) is 6.42 Å². The molecule has 0 radical (unpaired) electrons. The molecule has 3 nitrogen and oxygen atoms in total. The van der Waals surface area contributed by atoms with Gasteiger partial charge in [-0.25, -0.2) is 0 Å². The van der Waals surface area contributed by atoms with E-state index in [-0.39, 0.29) is 0 Å². The first-order chi connectivity index (χ1) is 12.9. The van der Waals surface area contributed by atoms with Crippen molar-refractivity contribution in [2.24, 2.45) is 0 Å². The number of fused-ring (bicyclic) bond motifs is 1. The van der Waals surface area contributed by atoms with Crippen molar-refractivity contribution in [3.05, 3.63) is 60.2 Å². The number of H-pyrrole nitrogens is 1. The molecular weight excluding hydrogens is 318 g/mol. The van der Waals surface area contributed by atoms with Gasteiger partial charge in [0.15, 0.2) is 0 Å². The first kappa shape index (κ1) is 17.3. The van der Waals surface area contributed by atoms with Crippen LogP contribution in [0, 0.1) is 0 Å². The average molecular weight is 348 g/mol. The number of nitrogens with one attached hydrogen (secondary N) is 2. The van der Waals surface area contributed by atoms with Crippen LogP contribution in [0.3, 0.4) is 0 Å². The highest BCUT2D eigenvalue weighted by Crippen LogP contribution is 2.30. The molecule has 1 aliphatic rings. The number of benzene rings is 2. The van der Waals surface area contributed by atoms with Gasteiger partial charge in [0.1, 0.15) is 0 Å². The molecule has 1 fully saturated rings. The summed E-state index contributed by atoms with van der Waals surface area (Å²) in [6.45, 7) is 5.99. The van der Waals surface area contributed by atoms with Gasteiger partial charge in [-0.2, -0.15) is 0 Å². The highest BCUT2D eigenvalue weighted by Gasteiger charge is 2.13. The van der Waals surface area contributed by atoms with Gasteiger partial charge >= 0.3 is 0 Å². The maximum Gasteiger partial charge on any atom is 0.0497 e. The molecule has 4 rings (SSSR count). The monoisotopic (exact) mass is 347 g/mol. The molecule has 1 saturated heterocycles. The number of para-hydroxylation sites is 1. The highest BCUT2D eigenvalue weighted by molar-refractivity contribution is 5.90. The molecule has 0 unspecified atom stereocenters. The van der Waals surface area contributed by atoms with Gasteiger partial charge in [-0.1, -0.05) is 48.5 Å². The molecule has 0 aliphatic carbocycles. The van der Waals surface area contributed by atoms with E-state index < -0.39 is 0 Å². The Hall–Kier alpha value is -2.10. The zero-order valence-corrected chi connectivity index (χ0v) is 15.5. The van der Waals surface area contributed by atoms with E-state index >= 15 is 0 Å². The van der Waals surface area contributed by atoms with Gasteiger partial charge in [-0.15, -0.1) is 0 Å². The Morgan fingerprint density at radius 3 is 2.50 bits per heavy atom. The normalized spacial score (nSPS) is 15.1. The molecule has 1 aromatic heterocycles. The van der Waals surface area contributed by atoms with Crippen LogP contribution in [-0.4, -0.2) is 42.6 Å². The second-order valence-corrected chi connectivity index (χ2v) is 7.29. The number of hydrogen-bond acceptors (Lipinski definition) is 2. The fraction of sp³-hybridized carbons (Fsp3) is 0.391. The second-order valence-electron chi connectivity index (χ2n) is 7.29. The summed E-state index contributed by atoms with van der Waals surface area (Å²) < 4.78 is 0. The largest absolute Gasteiger partial charge is 0.354 e. The summed E-state index contributed by atoms with van der Waals surface area (Å²) in [4.78, 5) is 6.23. The van der Waals surface area contributed by atoms with Crippen LogP contribution in [0.25, 0.3) is 22.2 Å². The molecule has 0 atom stereocenters. The van der Waals surface area contributed by atoms with Crippen LogP contribution < -0.4 is 5.32 Å². The molecule has 0 saturated carbocycles. The molecular formula is C23H29N3. The van der Waals surface area contributed by atoms with Crippen LogP contribution >= 0.6 is 0 Å². The number of nitrogens with zero attached hydrogens (tertiary/aromatic N) is 1.